The van der Waals surface area contributed by atoms with Gasteiger partial charge < -0.3 is 9.64 Å². The third-order valence-electron chi connectivity index (χ3n) is 4.70. The van der Waals surface area contributed by atoms with Gasteiger partial charge in [-0.05, 0) is 49.6 Å². The number of thiazole rings is 1. The monoisotopic (exact) mass is 393 g/mol. The molecular formula is C22H23N3O2S. The number of ether oxygens (including phenoxy) is 1. The van der Waals surface area contributed by atoms with Gasteiger partial charge >= 0.3 is 6.03 Å². The van der Waals surface area contributed by atoms with Crippen LogP contribution in [0.4, 0.5) is 4.79 Å². The number of amides is 2. The highest BCUT2D eigenvalue weighted by Crippen LogP contribution is 2.17. The van der Waals surface area contributed by atoms with Crippen LogP contribution >= 0.6 is 11.3 Å². The molecule has 0 aliphatic carbocycles. The van der Waals surface area contributed by atoms with Gasteiger partial charge in [-0.25, -0.2) is 4.79 Å². The van der Waals surface area contributed by atoms with Crippen LogP contribution < -0.4 is 9.54 Å². The maximum Gasteiger partial charge on any atom is 0.346 e. The second-order valence-corrected chi connectivity index (χ2v) is 8.06. The summed E-state index contributed by atoms with van der Waals surface area (Å²) in [7, 11) is 0. The first-order valence-electron chi connectivity index (χ1n) is 9.49. The molecular weight excluding hydrogens is 370 g/mol. The summed E-state index contributed by atoms with van der Waals surface area (Å²) in [6.07, 6.45) is 4.14. The van der Waals surface area contributed by atoms with Crippen LogP contribution in [0.15, 0.2) is 65.8 Å². The van der Waals surface area contributed by atoms with Crippen molar-refractivity contribution in [3.05, 3.63) is 76.0 Å². The first-order chi connectivity index (χ1) is 13.7. The Morgan fingerprint density at radius 2 is 1.79 bits per heavy atom. The SMILES string of the molecule is Cc1cn(-c2ccc(OCc3ccccc3)cc2)c(=NC(=O)N2CCCC2)s1. The lowest BCUT2D eigenvalue weighted by Crippen LogP contribution is -2.27. The molecule has 0 spiro atoms. The van der Waals surface area contributed by atoms with Crippen molar-refractivity contribution in [3.63, 3.8) is 0 Å². The molecule has 0 radical (unpaired) electrons. The Morgan fingerprint density at radius 3 is 2.50 bits per heavy atom. The summed E-state index contributed by atoms with van der Waals surface area (Å²) >= 11 is 1.53. The molecule has 1 fully saturated rings. The quantitative estimate of drug-likeness (QED) is 0.653. The minimum absolute atomic E-state index is 0.143. The Labute approximate surface area is 168 Å². The van der Waals surface area contributed by atoms with Crippen molar-refractivity contribution in [1.82, 2.24) is 9.47 Å². The Kier molecular flexibility index (Phi) is 5.58. The van der Waals surface area contributed by atoms with E-state index in [4.69, 9.17) is 4.74 Å². The number of hydrogen-bond acceptors (Lipinski definition) is 3. The number of aryl methyl sites for hydroxylation is 1. The van der Waals surface area contributed by atoms with Gasteiger partial charge in [0.15, 0.2) is 4.80 Å². The van der Waals surface area contributed by atoms with Crippen molar-refractivity contribution in [1.29, 1.82) is 0 Å². The number of urea groups is 1. The van der Waals surface area contributed by atoms with E-state index in [0.717, 1.165) is 47.8 Å². The Morgan fingerprint density at radius 1 is 1.07 bits per heavy atom. The summed E-state index contributed by atoms with van der Waals surface area (Å²) < 4.78 is 7.83. The van der Waals surface area contributed by atoms with Gasteiger partial charge in [-0.1, -0.05) is 30.3 Å². The van der Waals surface area contributed by atoms with Crippen LogP contribution in [0.25, 0.3) is 5.69 Å². The number of aromatic nitrogens is 1. The number of likely N-dealkylation sites (tertiary alicyclic amines) is 1. The molecule has 1 aromatic heterocycles. The number of benzene rings is 2. The van der Waals surface area contributed by atoms with Crippen LogP contribution in [0.1, 0.15) is 23.3 Å². The van der Waals surface area contributed by atoms with Gasteiger partial charge in [0, 0.05) is 29.9 Å². The van der Waals surface area contributed by atoms with Crippen LogP contribution in [0.3, 0.4) is 0 Å². The largest absolute Gasteiger partial charge is 0.489 e. The van der Waals surface area contributed by atoms with Crippen LogP contribution in [0, 0.1) is 6.92 Å². The average Bonchev–Trinajstić information content (AvgIpc) is 3.38. The number of nitrogens with zero attached hydrogens (tertiary/aromatic N) is 3. The molecule has 0 N–H and O–H groups in total. The van der Waals surface area contributed by atoms with Gasteiger partial charge in [-0.15, -0.1) is 11.3 Å². The topological polar surface area (TPSA) is 46.8 Å². The summed E-state index contributed by atoms with van der Waals surface area (Å²) in [6, 6.07) is 17.8. The van der Waals surface area contributed by atoms with Crippen molar-refractivity contribution in [2.75, 3.05) is 13.1 Å². The lowest BCUT2D eigenvalue weighted by Gasteiger charge is -2.11. The van der Waals surface area contributed by atoms with Gasteiger partial charge in [0.1, 0.15) is 12.4 Å². The van der Waals surface area contributed by atoms with E-state index in [1.165, 1.54) is 11.3 Å². The van der Waals surface area contributed by atoms with Gasteiger partial charge in [0.25, 0.3) is 0 Å². The van der Waals surface area contributed by atoms with Crippen LogP contribution in [-0.2, 0) is 6.61 Å². The highest BCUT2D eigenvalue weighted by atomic mass is 32.1. The first kappa shape index (κ1) is 18.5. The van der Waals surface area contributed by atoms with E-state index in [1.54, 1.807) is 0 Å². The standard InChI is InChI=1S/C22H23N3O2S/c1-17-15-25(22(28-17)23-21(26)24-13-5-6-14-24)19-9-11-20(12-10-19)27-16-18-7-3-2-4-8-18/h2-4,7-12,15H,5-6,13-14,16H2,1H3. The van der Waals surface area contributed by atoms with Crippen LogP contribution in [0.5, 0.6) is 5.75 Å². The summed E-state index contributed by atoms with van der Waals surface area (Å²) in [6.45, 7) is 4.17. The third-order valence-corrected chi connectivity index (χ3v) is 5.60. The summed E-state index contributed by atoms with van der Waals surface area (Å²) in [5.74, 6) is 0.812. The molecule has 0 atom stereocenters. The molecule has 5 nitrogen and oxygen atoms in total. The fraction of sp³-hybridized carbons (Fsp3) is 0.273. The molecule has 2 aromatic carbocycles. The van der Waals surface area contributed by atoms with Crippen molar-refractivity contribution >= 4 is 17.4 Å². The molecule has 144 valence electrons. The highest BCUT2D eigenvalue weighted by Gasteiger charge is 2.17. The fourth-order valence-electron chi connectivity index (χ4n) is 3.22. The Balaban J connectivity index is 1.52. The molecule has 2 heterocycles. The smallest absolute Gasteiger partial charge is 0.346 e. The Hall–Kier alpha value is -2.86. The van der Waals surface area contributed by atoms with E-state index in [-0.39, 0.29) is 6.03 Å². The maximum atomic E-state index is 12.4. The van der Waals surface area contributed by atoms with E-state index in [0.29, 0.717) is 11.4 Å². The molecule has 1 saturated heterocycles. The molecule has 2 amide bonds. The molecule has 1 aliphatic heterocycles. The van der Waals surface area contributed by atoms with Crippen molar-refractivity contribution < 1.29 is 9.53 Å². The number of rotatable bonds is 4. The molecule has 0 unspecified atom stereocenters. The zero-order valence-corrected chi connectivity index (χ0v) is 16.7. The second-order valence-electron chi connectivity index (χ2n) is 6.85. The lowest BCUT2D eigenvalue weighted by atomic mass is 10.2. The molecule has 4 rings (SSSR count). The van der Waals surface area contributed by atoms with E-state index in [1.807, 2.05) is 77.2 Å². The zero-order chi connectivity index (χ0) is 19.3. The highest BCUT2D eigenvalue weighted by molar-refractivity contribution is 7.09. The predicted octanol–water partition coefficient (Wildman–Crippen LogP) is 4.54. The third kappa shape index (κ3) is 4.34. The minimum atomic E-state index is -0.143. The van der Waals surface area contributed by atoms with Crippen LogP contribution in [-0.4, -0.2) is 28.6 Å². The fourth-order valence-corrected chi connectivity index (χ4v) is 4.05. The van der Waals surface area contributed by atoms with Crippen molar-refractivity contribution in [2.45, 2.75) is 26.4 Å². The van der Waals surface area contributed by atoms with Crippen molar-refractivity contribution in [2.24, 2.45) is 4.99 Å². The van der Waals surface area contributed by atoms with Gasteiger partial charge in [-0.3, -0.25) is 4.57 Å². The summed E-state index contributed by atoms with van der Waals surface area (Å²) in [4.78, 5) is 20.4. The van der Waals surface area contributed by atoms with E-state index < -0.39 is 0 Å². The molecule has 1 aliphatic rings. The van der Waals surface area contributed by atoms with E-state index in [2.05, 4.69) is 4.99 Å². The maximum absolute atomic E-state index is 12.4. The van der Waals surface area contributed by atoms with Gasteiger partial charge in [0.05, 0.1) is 0 Å². The minimum Gasteiger partial charge on any atom is -0.489 e. The van der Waals surface area contributed by atoms with E-state index >= 15 is 0 Å². The number of hydrogen-bond donors (Lipinski definition) is 0. The molecule has 6 heteroatoms. The van der Waals surface area contributed by atoms with Crippen molar-refractivity contribution in [3.8, 4) is 11.4 Å². The molecule has 3 aromatic rings. The van der Waals surface area contributed by atoms with Gasteiger partial charge in [-0.2, -0.15) is 4.99 Å². The van der Waals surface area contributed by atoms with Gasteiger partial charge in [0.2, 0.25) is 0 Å². The van der Waals surface area contributed by atoms with E-state index in [9.17, 15) is 4.79 Å². The Bertz CT molecular complexity index is 1000. The normalized spacial score (nSPS) is 14.5. The lowest BCUT2D eigenvalue weighted by molar-refractivity contribution is 0.218. The molecule has 0 bridgehead atoms. The predicted molar refractivity (Wildman–Crippen MR) is 111 cm³/mol. The number of carbonyl (C=O) groups excluding carboxylic acids is 1. The second kappa shape index (κ2) is 8.44. The average molecular weight is 394 g/mol. The summed E-state index contributed by atoms with van der Waals surface area (Å²) in [5.41, 5.74) is 2.10. The number of carbonyl (C=O) groups is 1. The zero-order valence-electron chi connectivity index (χ0n) is 15.9. The first-order valence-corrected chi connectivity index (χ1v) is 10.3. The molecule has 0 saturated carbocycles. The van der Waals surface area contributed by atoms with Crippen LogP contribution in [0.2, 0.25) is 0 Å². The summed E-state index contributed by atoms with van der Waals surface area (Å²) in [5, 5.41) is 0. The molecule has 28 heavy (non-hydrogen) atoms.